The second-order valence-corrected chi connectivity index (χ2v) is 7.79. The minimum atomic E-state index is -4.04. The molecule has 0 saturated carbocycles. The number of aromatic nitrogens is 1. The Morgan fingerprint density at radius 3 is 2.58 bits per heavy atom. The lowest BCUT2D eigenvalue weighted by Gasteiger charge is -2.06. The fourth-order valence-corrected chi connectivity index (χ4v) is 4.12. The third-order valence-electron chi connectivity index (χ3n) is 3.19. The van der Waals surface area contributed by atoms with E-state index < -0.39 is 26.6 Å². The SMILES string of the molecule is Cc1nc(-c2ccco2)sc1CNS(=O)(=O)c1cc(F)cc(F)c1. The molecule has 2 aromatic heterocycles. The van der Waals surface area contributed by atoms with Crippen molar-refractivity contribution in [1.29, 1.82) is 0 Å². The van der Waals surface area contributed by atoms with Crippen molar-refractivity contribution >= 4 is 21.4 Å². The zero-order chi connectivity index (χ0) is 17.3. The molecular formula is C15H12F2N2O3S2. The highest BCUT2D eigenvalue weighted by Crippen LogP contribution is 2.28. The van der Waals surface area contributed by atoms with Gasteiger partial charge in [0.15, 0.2) is 10.8 Å². The summed E-state index contributed by atoms with van der Waals surface area (Å²) in [6.45, 7) is 1.71. The molecule has 0 fully saturated rings. The molecule has 24 heavy (non-hydrogen) atoms. The number of aryl methyl sites for hydroxylation is 1. The smallest absolute Gasteiger partial charge is 0.241 e. The molecule has 9 heteroatoms. The number of hydrogen-bond donors (Lipinski definition) is 1. The second-order valence-electron chi connectivity index (χ2n) is 4.93. The van der Waals surface area contributed by atoms with E-state index in [9.17, 15) is 17.2 Å². The first-order valence-corrected chi connectivity index (χ1v) is 9.11. The summed E-state index contributed by atoms with van der Waals surface area (Å²) in [6, 6.07) is 5.62. The number of nitrogens with zero attached hydrogens (tertiary/aromatic N) is 1. The molecule has 0 spiro atoms. The fourth-order valence-electron chi connectivity index (χ4n) is 2.03. The zero-order valence-corrected chi connectivity index (χ0v) is 14.0. The molecule has 0 aliphatic heterocycles. The summed E-state index contributed by atoms with van der Waals surface area (Å²) in [5, 5.41) is 0.628. The third-order valence-corrected chi connectivity index (χ3v) is 5.75. The van der Waals surface area contributed by atoms with Gasteiger partial charge in [-0.15, -0.1) is 11.3 Å². The molecule has 0 bridgehead atoms. The molecule has 1 N–H and O–H groups in total. The van der Waals surface area contributed by atoms with Crippen molar-refractivity contribution in [3.8, 4) is 10.8 Å². The summed E-state index contributed by atoms with van der Waals surface area (Å²) < 4.78 is 58.3. The minimum absolute atomic E-state index is 0.0370. The lowest BCUT2D eigenvalue weighted by atomic mass is 10.3. The summed E-state index contributed by atoms with van der Waals surface area (Å²) in [5.41, 5.74) is 0.652. The molecule has 0 aliphatic carbocycles. The molecule has 2 heterocycles. The van der Waals surface area contributed by atoms with Crippen LogP contribution in [0.5, 0.6) is 0 Å². The number of furan rings is 1. The normalized spacial score (nSPS) is 11.8. The van der Waals surface area contributed by atoms with Gasteiger partial charge in [0, 0.05) is 17.5 Å². The van der Waals surface area contributed by atoms with E-state index in [-0.39, 0.29) is 6.54 Å². The van der Waals surface area contributed by atoms with Crippen LogP contribution in [0.2, 0.25) is 0 Å². The maximum atomic E-state index is 13.2. The Labute approximate surface area is 141 Å². The van der Waals surface area contributed by atoms with Crippen molar-refractivity contribution in [2.45, 2.75) is 18.4 Å². The van der Waals surface area contributed by atoms with Crippen molar-refractivity contribution in [2.75, 3.05) is 0 Å². The van der Waals surface area contributed by atoms with Crippen molar-refractivity contribution in [3.05, 3.63) is 58.8 Å². The molecule has 0 atom stereocenters. The second kappa shape index (κ2) is 6.42. The van der Waals surface area contributed by atoms with Gasteiger partial charge in [0.1, 0.15) is 11.6 Å². The summed E-state index contributed by atoms with van der Waals surface area (Å²) >= 11 is 1.28. The third kappa shape index (κ3) is 3.53. The van der Waals surface area contributed by atoms with Crippen LogP contribution in [0.4, 0.5) is 8.78 Å². The molecule has 0 saturated heterocycles. The Morgan fingerprint density at radius 2 is 1.96 bits per heavy atom. The van der Waals surface area contributed by atoms with Gasteiger partial charge in [0.25, 0.3) is 0 Å². The van der Waals surface area contributed by atoms with E-state index >= 15 is 0 Å². The molecule has 5 nitrogen and oxygen atoms in total. The zero-order valence-electron chi connectivity index (χ0n) is 12.4. The average molecular weight is 370 g/mol. The number of sulfonamides is 1. The average Bonchev–Trinajstić information content (AvgIpc) is 3.13. The highest BCUT2D eigenvalue weighted by Gasteiger charge is 2.18. The summed E-state index contributed by atoms with van der Waals surface area (Å²) in [4.78, 5) is 4.54. The molecule has 0 unspecified atom stereocenters. The van der Waals surface area contributed by atoms with E-state index in [4.69, 9.17) is 4.42 Å². The van der Waals surface area contributed by atoms with Crippen LogP contribution in [-0.2, 0) is 16.6 Å². The number of rotatable bonds is 5. The first-order valence-electron chi connectivity index (χ1n) is 6.81. The van der Waals surface area contributed by atoms with Crippen LogP contribution in [-0.4, -0.2) is 13.4 Å². The van der Waals surface area contributed by atoms with Crippen LogP contribution in [0.25, 0.3) is 10.8 Å². The summed E-state index contributed by atoms with van der Waals surface area (Å²) in [7, 11) is -4.04. The van der Waals surface area contributed by atoms with Gasteiger partial charge in [-0.05, 0) is 31.2 Å². The van der Waals surface area contributed by atoms with Crippen LogP contribution in [0.1, 0.15) is 10.6 Å². The van der Waals surface area contributed by atoms with Gasteiger partial charge < -0.3 is 4.42 Å². The number of halogens is 2. The number of thiazole rings is 1. The van der Waals surface area contributed by atoms with Crippen LogP contribution in [0, 0.1) is 18.6 Å². The maximum absolute atomic E-state index is 13.2. The molecular weight excluding hydrogens is 358 g/mol. The monoisotopic (exact) mass is 370 g/mol. The molecule has 0 aliphatic rings. The minimum Gasteiger partial charge on any atom is -0.462 e. The molecule has 3 rings (SSSR count). The molecule has 1 aromatic carbocycles. The Morgan fingerprint density at radius 1 is 1.25 bits per heavy atom. The predicted molar refractivity (Wildman–Crippen MR) is 84.9 cm³/mol. The van der Waals surface area contributed by atoms with Gasteiger partial charge in [0.05, 0.1) is 16.9 Å². The first-order chi connectivity index (χ1) is 11.3. The van der Waals surface area contributed by atoms with Gasteiger partial charge in [-0.25, -0.2) is 26.9 Å². The Balaban J connectivity index is 1.80. The van der Waals surface area contributed by atoms with Crippen LogP contribution in [0.3, 0.4) is 0 Å². The molecule has 0 radical (unpaired) electrons. The van der Waals surface area contributed by atoms with E-state index in [0.717, 1.165) is 12.1 Å². The van der Waals surface area contributed by atoms with Crippen molar-refractivity contribution in [2.24, 2.45) is 0 Å². The van der Waals surface area contributed by atoms with Crippen LogP contribution >= 0.6 is 11.3 Å². The standard InChI is InChI=1S/C15H12F2N2O3S2/c1-9-14(23-15(19-9)13-3-2-4-22-13)8-18-24(20,21)12-6-10(16)5-11(17)7-12/h2-7,18H,8H2,1H3. The van der Waals surface area contributed by atoms with E-state index in [0.29, 0.717) is 27.4 Å². The largest absolute Gasteiger partial charge is 0.462 e. The molecule has 3 aromatic rings. The van der Waals surface area contributed by atoms with Crippen LogP contribution < -0.4 is 4.72 Å². The summed E-state index contributed by atoms with van der Waals surface area (Å²) in [5.74, 6) is -1.32. The molecule has 0 amide bonds. The number of nitrogens with one attached hydrogen (secondary N) is 1. The first kappa shape index (κ1) is 16.7. The van der Waals surface area contributed by atoms with E-state index in [1.165, 1.54) is 17.6 Å². The topological polar surface area (TPSA) is 72.2 Å². The fraction of sp³-hybridized carbons (Fsp3) is 0.133. The Kier molecular flexibility index (Phi) is 4.48. The molecule has 126 valence electrons. The van der Waals surface area contributed by atoms with Gasteiger partial charge >= 0.3 is 0 Å². The summed E-state index contributed by atoms with van der Waals surface area (Å²) in [6.07, 6.45) is 1.52. The van der Waals surface area contributed by atoms with Crippen LogP contribution in [0.15, 0.2) is 45.9 Å². The number of benzene rings is 1. The van der Waals surface area contributed by atoms with Crippen molar-refractivity contribution in [3.63, 3.8) is 0 Å². The van der Waals surface area contributed by atoms with Crippen molar-refractivity contribution in [1.82, 2.24) is 9.71 Å². The van der Waals surface area contributed by atoms with Crippen molar-refractivity contribution < 1.29 is 21.6 Å². The van der Waals surface area contributed by atoms with E-state index in [2.05, 4.69) is 9.71 Å². The lowest BCUT2D eigenvalue weighted by Crippen LogP contribution is -2.23. The highest BCUT2D eigenvalue weighted by molar-refractivity contribution is 7.89. The predicted octanol–water partition coefficient (Wildman–Crippen LogP) is 3.47. The maximum Gasteiger partial charge on any atom is 0.241 e. The highest BCUT2D eigenvalue weighted by atomic mass is 32.2. The lowest BCUT2D eigenvalue weighted by molar-refractivity contribution is 0.561. The van der Waals surface area contributed by atoms with E-state index in [1.54, 1.807) is 19.1 Å². The number of hydrogen-bond acceptors (Lipinski definition) is 5. The van der Waals surface area contributed by atoms with Gasteiger partial charge in [0.2, 0.25) is 10.0 Å². The van der Waals surface area contributed by atoms with E-state index in [1.807, 2.05) is 0 Å². The van der Waals surface area contributed by atoms with Gasteiger partial charge in [-0.1, -0.05) is 0 Å². The van der Waals surface area contributed by atoms with Gasteiger partial charge in [-0.2, -0.15) is 0 Å². The Hall–Kier alpha value is -2.10. The van der Waals surface area contributed by atoms with Gasteiger partial charge in [-0.3, -0.25) is 0 Å². The Bertz CT molecular complexity index is 947. The quantitative estimate of drug-likeness (QED) is 0.746.